The van der Waals surface area contributed by atoms with Crippen molar-refractivity contribution in [1.29, 1.82) is 5.26 Å². The first kappa shape index (κ1) is 14.9. The van der Waals surface area contributed by atoms with Gasteiger partial charge in [0.15, 0.2) is 15.6 Å². The third-order valence-corrected chi connectivity index (χ3v) is 3.72. The predicted molar refractivity (Wildman–Crippen MR) is 68.2 cm³/mol. The highest BCUT2D eigenvalue weighted by atomic mass is 32.2. The lowest BCUT2D eigenvalue weighted by molar-refractivity contribution is -0.118. The van der Waals surface area contributed by atoms with Crippen LogP contribution in [0.1, 0.15) is 15.9 Å². The van der Waals surface area contributed by atoms with Gasteiger partial charge in [0.2, 0.25) is 5.91 Å². The molecule has 1 amide bonds. The van der Waals surface area contributed by atoms with Gasteiger partial charge in [-0.05, 0) is 12.1 Å². The standard InChI is InChI=1S/C12H12N2O4S/c1-14-12(16)8-19(17,18)7-11(15)10-4-2-9(6-13)3-5-10/h2-5H,7-8H2,1H3,(H,14,16). The molecule has 6 nitrogen and oxygen atoms in total. The molecule has 0 aliphatic heterocycles. The van der Waals surface area contributed by atoms with E-state index in [0.717, 1.165) is 0 Å². The maximum atomic E-state index is 11.7. The molecule has 0 fully saturated rings. The Morgan fingerprint density at radius 1 is 1.21 bits per heavy atom. The molecule has 0 saturated heterocycles. The van der Waals surface area contributed by atoms with E-state index < -0.39 is 33.0 Å². The fraction of sp³-hybridized carbons (Fsp3) is 0.250. The monoisotopic (exact) mass is 280 g/mol. The summed E-state index contributed by atoms with van der Waals surface area (Å²) in [5, 5.41) is 10.8. The van der Waals surface area contributed by atoms with Crippen molar-refractivity contribution in [3.8, 4) is 6.07 Å². The largest absolute Gasteiger partial charge is 0.358 e. The van der Waals surface area contributed by atoms with E-state index in [1.54, 1.807) is 0 Å². The maximum Gasteiger partial charge on any atom is 0.234 e. The number of hydrogen-bond donors (Lipinski definition) is 1. The number of Topliss-reactive ketones (excluding diaryl/α,β-unsaturated/α-hetero) is 1. The number of nitrogens with zero attached hydrogens (tertiary/aromatic N) is 1. The van der Waals surface area contributed by atoms with Crippen LogP contribution in [0.25, 0.3) is 0 Å². The van der Waals surface area contributed by atoms with Crippen LogP contribution in [0.4, 0.5) is 0 Å². The molecule has 0 atom stereocenters. The lowest BCUT2D eigenvalue weighted by atomic mass is 10.1. The zero-order valence-electron chi connectivity index (χ0n) is 10.2. The Bertz CT molecular complexity index is 627. The highest BCUT2D eigenvalue weighted by molar-refractivity contribution is 7.92. The SMILES string of the molecule is CNC(=O)CS(=O)(=O)CC(=O)c1ccc(C#N)cc1. The van der Waals surface area contributed by atoms with Gasteiger partial charge in [-0.25, -0.2) is 8.42 Å². The predicted octanol–water partition coefficient (Wildman–Crippen LogP) is -0.0982. The summed E-state index contributed by atoms with van der Waals surface area (Å²) in [7, 11) is -2.46. The quantitative estimate of drug-likeness (QED) is 0.758. The minimum atomic E-state index is -3.78. The number of nitrogens with one attached hydrogen (secondary N) is 1. The van der Waals surface area contributed by atoms with Crippen LogP contribution in [0.15, 0.2) is 24.3 Å². The average molecular weight is 280 g/mol. The van der Waals surface area contributed by atoms with Gasteiger partial charge >= 0.3 is 0 Å². The minimum absolute atomic E-state index is 0.194. The van der Waals surface area contributed by atoms with Gasteiger partial charge in [0.05, 0.1) is 11.6 Å². The average Bonchev–Trinajstić information content (AvgIpc) is 2.37. The lowest BCUT2D eigenvalue weighted by Crippen LogP contribution is -2.30. The van der Waals surface area contributed by atoms with Crippen LogP contribution >= 0.6 is 0 Å². The summed E-state index contributed by atoms with van der Waals surface area (Å²) in [6.07, 6.45) is 0. The zero-order valence-corrected chi connectivity index (χ0v) is 11.0. The zero-order chi connectivity index (χ0) is 14.5. The van der Waals surface area contributed by atoms with Crippen molar-refractivity contribution >= 4 is 21.5 Å². The molecule has 0 aliphatic rings. The molecule has 1 N–H and O–H groups in total. The van der Waals surface area contributed by atoms with Gasteiger partial charge in [-0.3, -0.25) is 9.59 Å². The normalized spacial score (nSPS) is 10.5. The Balaban J connectivity index is 2.79. The number of rotatable bonds is 5. The number of carbonyl (C=O) groups excluding carboxylic acids is 2. The van der Waals surface area contributed by atoms with E-state index in [1.807, 2.05) is 6.07 Å². The molecule has 100 valence electrons. The molecular weight excluding hydrogens is 268 g/mol. The van der Waals surface area contributed by atoms with Crippen LogP contribution in [0.3, 0.4) is 0 Å². The Morgan fingerprint density at radius 3 is 2.26 bits per heavy atom. The molecular formula is C12H12N2O4S. The number of nitriles is 1. The van der Waals surface area contributed by atoms with E-state index >= 15 is 0 Å². The number of amides is 1. The van der Waals surface area contributed by atoms with Crippen molar-refractivity contribution in [2.45, 2.75) is 0 Å². The second kappa shape index (κ2) is 6.11. The first-order valence-corrected chi connectivity index (χ1v) is 7.14. The van der Waals surface area contributed by atoms with Crippen molar-refractivity contribution in [2.24, 2.45) is 0 Å². The Labute approximate surface area is 111 Å². The van der Waals surface area contributed by atoms with Gasteiger partial charge in [0.25, 0.3) is 0 Å². The van der Waals surface area contributed by atoms with E-state index in [9.17, 15) is 18.0 Å². The van der Waals surface area contributed by atoms with Gasteiger partial charge < -0.3 is 5.32 Å². The van der Waals surface area contributed by atoms with E-state index in [2.05, 4.69) is 5.32 Å². The van der Waals surface area contributed by atoms with Crippen molar-refractivity contribution in [3.63, 3.8) is 0 Å². The number of benzene rings is 1. The molecule has 0 bridgehead atoms. The second-order valence-electron chi connectivity index (χ2n) is 3.82. The van der Waals surface area contributed by atoms with Crippen LogP contribution in [0.2, 0.25) is 0 Å². The van der Waals surface area contributed by atoms with Gasteiger partial charge in [-0.1, -0.05) is 12.1 Å². The van der Waals surface area contributed by atoms with Crippen molar-refractivity contribution < 1.29 is 18.0 Å². The topological polar surface area (TPSA) is 104 Å². The van der Waals surface area contributed by atoms with E-state index in [4.69, 9.17) is 5.26 Å². The van der Waals surface area contributed by atoms with Gasteiger partial charge in [0.1, 0.15) is 11.5 Å². The van der Waals surface area contributed by atoms with Crippen LogP contribution in [0.5, 0.6) is 0 Å². The highest BCUT2D eigenvalue weighted by Crippen LogP contribution is 2.06. The molecule has 1 aromatic carbocycles. The van der Waals surface area contributed by atoms with Crippen molar-refractivity contribution in [1.82, 2.24) is 5.32 Å². The smallest absolute Gasteiger partial charge is 0.234 e. The van der Waals surface area contributed by atoms with Gasteiger partial charge in [0, 0.05) is 12.6 Å². The van der Waals surface area contributed by atoms with E-state index in [1.165, 1.54) is 31.3 Å². The first-order chi connectivity index (χ1) is 8.88. The summed E-state index contributed by atoms with van der Waals surface area (Å²) < 4.78 is 23.1. The van der Waals surface area contributed by atoms with Crippen LogP contribution in [0, 0.1) is 11.3 Å². The molecule has 19 heavy (non-hydrogen) atoms. The summed E-state index contributed by atoms with van der Waals surface area (Å²) in [6.45, 7) is 0. The van der Waals surface area contributed by atoms with Crippen molar-refractivity contribution in [3.05, 3.63) is 35.4 Å². The molecule has 0 radical (unpaired) electrons. The van der Waals surface area contributed by atoms with Crippen LogP contribution < -0.4 is 5.32 Å². The van der Waals surface area contributed by atoms with Crippen molar-refractivity contribution in [2.75, 3.05) is 18.6 Å². The molecule has 1 rings (SSSR count). The number of ketones is 1. The molecule has 0 heterocycles. The Kier molecular flexibility index (Phi) is 4.78. The maximum absolute atomic E-state index is 11.7. The molecule has 0 unspecified atom stereocenters. The third kappa shape index (κ3) is 4.52. The van der Waals surface area contributed by atoms with E-state index in [-0.39, 0.29) is 5.56 Å². The summed E-state index contributed by atoms with van der Waals surface area (Å²) in [6, 6.07) is 7.52. The summed E-state index contributed by atoms with van der Waals surface area (Å²) in [4.78, 5) is 22.7. The minimum Gasteiger partial charge on any atom is -0.358 e. The fourth-order valence-electron chi connectivity index (χ4n) is 1.34. The van der Waals surface area contributed by atoms with E-state index in [0.29, 0.717) is 5.56 Å². The Hall–Kier alpha value is -2.20. The molecule has 1 aromatic rings. The molecule has 0 aromatic heterocycles. The van der Waals surface area contributed by atoms with Crippen LogP contribution in [-0.2, 0) is 14.6 Å². The van der Waals surface area contributed by atoms with Crippen LogP contribution in [-0.4, -0.2) is 38.7 Å². The number of carbonyl (C=O) groups is 2. The number of sulfone groups is 1. The fourth-order valence-corrected chi connectivity index (χ4v) is 2.55. The highest BCUT2D eigenvalue weighted by Gasteiger charge is 2.21. The first-order valence-electron chi connectivity index (χ1n) is 5.32. The number of hydrogen-bond acceptors (Lipinski definition) is 5. The lowest BCUT2D eigenvalue weighted by Gasteiger charge is -2.03. The van der Waals surface area contributed by atoms with Gasteiger partial charge in [-0.15, -0.1) is 0 Å². The Morgan fingerprint density at radius 2 is 1.79 bits per heavy atom. The third-order valence-electron chi connectivity index (χ3n) is 2.32. The molecule has 0 aliphatic carbocycles. The molecule has 0 spiro atoms. The molecule has 7 heteroatoms. The second-order valence-corrected chi connectivity index (χ2v) is 5.88. The summed E-state index contributed by atoms with van der Waals surface area (Å²) in [5.74, 6) is -2.71. The summed E-state index contributed by atoms with van der Waals surface area (Å²) in [5.41, 5.74) is 0.573. The van der Waals surface area contributed by atoms with Gasteiger partial charge in [-0.2, -0.15) is 5.26 Å². The molecule has 0 saturated carbocycles. The summed E-state index contributed by atoms with van der Waals surface area (Å²) >= 11 is 0.